The first-order valence-corrected chi connectivity index (χ1v) is 8.02. The SMILES string of the molecule is CC(N[S@@+]([O-])C(C)(C)C)[C@H]1CCC[C@@H](NC(=O)O)C1. The van der Waals surface area contributed by atoms with Crippen molar-refractivity contribution in [2.75, 3.05) is 0 Å². The van der Waals surface area contributed by atoms with E-state index in [0.29, 0.717) is 5.92 Å². The number of rotatable bonds is 4. The molecule has 0 aliphatic heterocycles. The highest BCUT2D eigenvalue weighted by Crippen LogP contribution is 2.28. The van der Waals surface area contributed by atoms with Crippen LogP contribution in [-0.4, -0.2) is 32.6 Å². The molecule has 0 heterocycles. The Labute approximate surface area is 118 Å². The van der Waals surface area contributed by atoms with Crippen LogP contribution in [0.4, 0.5) is 4.79 Å². The third-order valence-electron chi connectivity index (χ3n) is 3.60. The number of amides is 1. The summed E-state index contributed by atoms with van der Waals surface area (Å²) in [5.74, 6) is 0.372. The molecule has 1 aliphatic rings. The number of nitrogens with one attached hydrogen (secondary N) is 2. The van der Waals surface area contributed by atoms with Crippen LogP contribution in [0.25, 0.3) is 0 Å². The average Bonchev–Trinajstić information content (AvgIpc) is 2.27. The van der Waals surface area contributed by atoms with Gasteiger partial charge in [0.2, 0.25) is 0 Å². The van der Waals surface area contributed by atoms with E-state index in [1.807, 2.05) is 27.7 Å². The van der Waals surface area contributed by atoms with E-state index < -0.39 is 17.5 Å². The quantitative estimate of drug-likeness (QED) is 0.693. The molecule has 0 aromatic heterocycles. The minimum absolute atomic E-state index is 0.0311. The van der Waals surface area contributed by atoms with E-state index in [-0.39, 0.29) is 16.8 Å². The first kappa shape index (κ1) is 16.6. The standard InChI is InChI=1S/C13H26N2O3S/c1-9(15-19(18)13(2,3)4)10-6-5-7-11(8-10)14-12(16)17/h9-11,14-15H,5-8H2,1-4H3,(H,16,17)/t9?,10-,11+,19-/m0/s1. The second-order valence-corrected chi connectivity index (χ2v) is 8.36. The van der Waals surface area contributed by atoms with E-state index in [1.165, 1.54) is 0 Å². The summed E-state index contributed by atoms with van der Waals surface area (Å²) in [6.07, 6.45) is 2.85. The fraction of sp³-hybridized carbons (Fsp3) is 0.923. The summed E-state index contributed by atoms with van der Waals surface area (Å²) in [4.78, 5) is 10.7. The molecule has 112 valence electrons. The van der Waals surface area contributed by atoms with Crippen LogP contribution in [0.2, 0.25) is 0 Å². The van der Waals surface area contributed by atoms with Gasteiger partial charge in [-0.1, -0.05) is 6.42 Å². The van der Waals surface area contributed by atoms with Gasteiger partial charge in [0.05, 0.1) is 6.04 Å². The van der Waals surface area contributed by atoms with Gasteiger partial charge in [0.25, 0.3) is 0 Å². The summed E-state index contributed by atoms with van der Waals surface area (Å²) in [5, 5.41) is 11.3. The minimum Gasteiger partial charge on any atom is -0.598 e. The predicted molar refractivity (Wildman–Crippen MR) is 77.4 cm³/mol. The molecule has 0 spiro atoms. The molecule has 19 heavy (non-hydrogen) atoms. The summed E-state index contributed by atoms with van der Waals surface area (Å²) >= 11 is -1.08. The van der Waals surface area contributed by atoms with Gasteiger partial charge in [0.15, 0.2) is 0 Å². The van der Waals surface area contributed by atoms with E-state index in [2.05, 4.69) is 10.0 Å². The maximum Gasteiger partial charge on any atom is 0.404 e. The zero-order valence-corrected chi connectivity index (χ0v) is 13.0. The number of hydrogen-bond acceptors (Lipinski definition) is 3. The summed E-state index contributed by atoms with van der Waals surface area (Å²) in [5.41, 5.74) is 0. The Morgan fingerprint density at radius 2 is 2.05 bits per heavy atom. The third-order valence-corrected chi connectivity index (χ3v) is 5.30. The zero-order chi connectivity index (χ0) is 14.6. The van der Waals surface area contributed by atoms with Gasteiger partial charge in [0.1, 0.15) is 4.75 Å². The molecule has 1 amide bonds. The lowest BCUT2D eigenvalue weighted by atomic mass is 9.82. The second kappa shape index (κ2) is 6.81. The highest BCUT2D eigenvalue weighted by Gasteiger charge is 2.33. The number of carbonyl (C=O) groups is 1. The van der Waals surface area contributed by atoms with Crippen LogP contribution in [0, 0.1) is 5.92 Å². The predicted octanol–water partition coefficient (Wildman–Crippen LogP) is 2.25. The molecule has 6 heteroatoms. The average molecular weight is 290 g/mol. The second-order valence-electron chi connectivity index (χ2n) is 6.36. The van der Waals surface area contributed by atoms with Gasteiger partial charge in [-0.25, -0.2) is 4.79 Å². The fourth-order valence-corrected chi connectivity index (χ4v) is 3.31. The van der Waals surface area contributed by atoms with Gasteiger partial charge in [-0.05, 0) is 52.9 Å². The molecule has 1 saturated carbocycles. The molecule has 5 nitrogen and oxygen atoms in total. The van der Waals surface area contributed by atoms with E-state index >= 15 is 0 Å². The highest BCUT2D eigenvalue weighted by atomic mass is 32.2. The lowest BCUT2D eigenvalue weighted by Gasteiger charge is -2.34. The van der Waals surface area contributed by atoms with Crippen molar-refractivity contribution in [3.8, 4) is 0 Å². The van der Waals surface area contributed by atoms with Crippen molar-refractivity contribution in [1.29, 1.82) is 0 Å². The van der Waals surface area contributed by atoms with E-state index in [4.69, 9.17) is 5.11 Å². The van der Waals surface area contributed by atoms with Crippen molar-refractivity contribution in [3.63, 3.8) is 0 Å². The Morgan fingerprint density at radius 3 is 2.58 bits per heavy atom. The van der Waals surface area contributed by atoms with Crippen LogP contribution in [0.3, 0.4) is 0 Å². The van der Waals surface area contributed by atoms with Crippen molar-refractivity contribution in [2.24, 2.45) is 5.92 Å². The Morgan fingerprint density at radius 1 is 1.42 bits per heavy atom. The summed E-state index contributed by atoms with van der Waals surface area (Å²) in [6.45, 7) is 7.87. The first-order chi connectivity index (χ1) is 8.70. The maximum absolute atomic E-state index is 12.1. The molecule has 1 fully saturated rings. The van der Waals surface area contributed by atoms with Crippen molar-refractivity contribution in [3.05, 3.63) is 0 Å². The van der Waals surface area contributed by atoms with Crippen molar-refractivity contribution < 1.29 is 14.5 Å². The molecule has 0 saturated heterocycles. The number of carboxylic acid groups (broad SMARTS) is 1. The Bertz CT molecular complexity index is 307. The van der Waals surface area contributed by atoms with Crippen LogP contribution >= 0.6 is 0 Å². The molecule has 0 aromatic rings. The van der Waals surface area contributed by atoms with Crippen LogP contribution in [0.5, 0.6) is 0 Å². The van der Waals surface area contributed by atoms with Gasteiger partial charge < -0.3 is 15.0 Å². The molecule has 1 unspecified atom stereocenters. The molecule has 4 atom stereocenters. The van der Waals surface area contributed by atoms with Crippen LogP contribution in [0.15, 0.2) is 0 Å². The lowest BCUT2D eigenvalue weighted by Crippen LogP contribution is -2.48. The molecule has 1 rings (SSSR count). The molecule has 0 aromatic carbocycles. The molecule has 1 aliphatic carbocycles. The monoisotopic (exact) mass is 290 g/mol. The smallest absolute Gasteiger partial charge is 0.404 e. The lowest BCUT2D eigenvalue weighted by molar-refractivity contribution is 0.178. The maximum atomic E-state index is 12.1. The molecular formula is C13H26N2O3S. The van der Waals surface area contributed by atoms with Gasteiger partial charge in [-0.15, -0.1) is 4.72 Å². The van der Waals surface area contributed by atoms with Gasteiger partial charge in [-0.3, -0.25) is 0 Å². The Hall–Kier alpha value is -0.460. The van der Waals surface area contributed by atoms with Crippen LogP contribution in [-0.2, 0) is 11.4 Å². The van der Waals surface area contributed by atoms with Crippen molar-refractivity contribution >= 4 is 17.5 Å². The minimum atomic E-state index is -1.08. The van der Waals surface area contributed by atoms with Crippen LogP contribution < -0.4 is 10.0 Å². The Kier molecular flexibility index (Phi) is 5.95. The molecular weight excluding hydrogens is 264 g/mol. The van der Waals surface area contributed by atoms with E-state index in [1.54, 1.807) is 0 Å². The fourth-order valence-electron chi connectivity index (χ4n) is 2.43. The van der Waals surface area contributed by atoms with Gasteiger partial charge >= 0.3 is 6.09 Å². The van der Waals surface area contributed by atoms with Gasteiger partial charge in [-0.2, -0.15) is 0 Å². The van der Waals surface area contributed by atoms with Crippen molar-refractivity contribution in [2.45, 2.75) is 70.2 Å². The molecule has 0 bridgehead atoms. The molecule has 0 radical (unpaired) electrons. The topological polar surface area (TPSA) is 84.4 Å². The Balaban J connectivity index is 2.48. The highest BCUT2D eigenvalue weighted by molar-refractivity contribution is 7.90. The largest absolute Gasteiger partial charge is 0.598 e. The summed E-state index contributed by atoms with van der Waals surface area (Å²) in [7, 11) is 0. The summed E-state index contributed by atoms with van der Waals surface area (Å²) in [6, 6.07) is 0.169. The van der Waals surface area contributed by atoms with Crippen molar-refractivity contribution in [1.82, 2.24) is 10.0 Å². The first-order valence-electron chi connectivity index (χ1n) is 6.87. The number of hydrogen-bond donors (Lipinski definition) is 3. The summed E-state index contributed by atoms with van der Waals surface area (Å²) < 4.78 is 15.0. The molecule has 3 N–H and O–H groups in total. The van der Waals surface area contributed by atoms with Crippen LogP contribution in [0.1, 0.15) is 53.4 Å². The zero-order valence-electron chi connectivity index (χ0n) is 12.2. The van der Waals surface area contributed by atoms with E-state index in [0.717, 1.165) is 25.7 Å². The third kappa shape index (κ3) is 5.58. The van der Waals surface area contributed by atoms with Gasteiger partial charge in [0, 0.05) is 17.4 Å². The van der Waals surface area contributed by atoms with E-state index in [9.17, 15) is 9.35 Å². The normalized spacial score (nSPS) is 27.6.